The zero-order chi connectivity index (χ0) is 19.7. The van der Waals surface area contributed by atoms with Crippen molar-refractivity contribution < 1.29 is 27.4 Å². The van der Waals surface area contributed by atoms with Crippen LogP contribution in [0.1, 0.15) is 24.0 Å². The molecule has 1 N–H and O–H groups in total. The highest BCUT2D eigenvalue weighted by Gasteiger charge is 2.29. The molecule has 0 atom stereocenters. The Morgan fingerprint density at radius 1 is 1.19 bits per heavy atom. The van der Waals surface area contributed by atoms with Gasteiger partial charge in [-0.05, 0) is 37.1 Å². The second-order valence-corrected chi connectivity index (χ2v) is 5.92. The Labute approximate surface area is 155 Å². The molecule has 5 nitrogen and oxygen atoms in total. The number of nitrogens with one attached hydrogen (secondary N) is 1. The summed E-state index contributed by atoms with van der Waals surface area (Å²) in [6.45, 7) is 0.967. The van der Waals surface area contributed by atoms with Crippen LogP contribution >= 0.6 is 0 Å². The number of pyridine rings is 1. The Morgan fingerprint density at radius 3 is 2.74 bits per heavy atom. The summed E-state index contributed by atoms with van der Waals surface area (Å²) in [5, 5.41) is 2.65. The van der Waals surface area contributed by atoms with Crippen LogP contribution in [0.2, 0.25) is 0 Å². The van der Waals surface area contributed by atoms with Crippen LogP contribution in [0.3, 0.4) is 0 Å². The lowest BCUT2D eigenvalue weighted by Crippen LogP contribution is -2.24. The number of alkyl halides is 3. The topological polar surface area (TPSA) is 60.5 Å². The van der Waals surface area contributed by atoms with Gasteiger partial charge < -0.3 is 14.8 Å². The fraction of sp³-hybridized carbons (Fsp3) is 0.368. The molecule has 146 valence electrons. The number of rotatable bonds is 9. The quantitative estimate of drug-likeness (QED) is 0.670. The van der Waals surface area contributed by atoms with Gasteiger partial charge in [0.05, 0.1) is 6.61 Å². The lowest BCUT2D eigenvalue weighted by Gasteiger charge is -2.12. The van der Waals surface area contributed by atoms with E-state index in [-0.39, 0.29) is 24.8 Å². The van der Waals surface area contributed by atoms with Gasteiger partial charge >= 0.3 is 6.18 Å². The van der Waals surface area contributed by atoms with Crippen molar-refractivity contribution in [3.05, 3.63) is 53.7 Å². The number of carbonyl (C=O) groups is 1. The van der Waals surface area contributed by atoms with E-state index in [1.54, 1.807) is 12.1 Å². The number of aromatic nitrogens is 1. The zero-order valence-corrected chi connectivity index (χ0v) is 14.9. The fourth-order valence-electron chi connectivity index (χ4n) is 2.25. The van der Waals surface area contributed by atoms with E-state index in [0.29, 0.717) is 18.6 Å². The average molecular weight is 382 g/mol. The molecule has 1 amide bonds. The molecular weight excluding hydrogens is 361 g/mol. The molecule has 1 aromatic carbocycles. The van der Waals surface area contributed by atoms with Crippen LogP contribution in [0.4, 0.5) is 13.2 Å². The average Bonchev–Trinajstić information content (AvgIpc) is 2.62. The van der Waals surface area contributed by atoms with Crippen molar-refractivity contribution in [3.63, 3.8) is 0 Å². The maximum atomic E-state index is 12.3. The van der Waals surface area contributed by atoms with Gasteiger partial charge in [-0.2, -0.15) is 13.2 Å². The van der Waals surface area contributed by atoms with E-state index < -0.39 is 12.8 Å². The molecule has 1 heterocycles. The van der Waals surface area contributed by atoms with Gasteiger partial charge in [-0.1, -0.05) is 18.2 Å². The third-order valence-corrected chi connectivity index (χ3v) is 3.50. The van der Waals surface area contributed by atoms with Gasteiger partial charge in [-0.3, -0.25) is 4.79 Å². The molecule has 0 saturated carbocycles. The van der Waals surface area contributed by atoms with Gasteiger partial charge in [0.1, 0.15) is 5.75 Å². The van der Waals surface area contributed by atoms with E-state index in [0.717, 1.165) is 11.3 Å². The molecule has 8 heteroatoms. The predicted molar refractivity (Wildman–Crippen MR) is 93.5 cm³/mol. The zero-order valence-electron chi connectivity index (χ0n) is 14.9. The summed E-state index contributed by atoms with van der Waals surface area (Å²) in [4.78, 5) is 15.7. The van der Waals surface area contributed by atoms with E-state index >= 15 is 0 Å². The molecule has 2 aromatic rings. The molecule has 0 unspecified atom stereocenters. The Hall–Kier alpha value is -2.77. The van der Waals surface area contributed by atoms with E-state index in [1.165, 1.54) is 6.20 Å². The van der Waals surface area contributed by atoms with E-state index in [1.807, 2.05) is 31.2 Å². The molecule has 0 fully saturated rings. The van der Waals surface area contributed by atoms with Crippen LogP contribution in [0, 0.1) is 6.92 Å². The predicted octanol–water partition coefficient (Wildman–Crippen LogP) is 3.81. The van der Waals surface area contributed by atoms with Crippen molar-refractivity contribution in [2.45, 2.75) is 32.5 Å². The second-order valence-electron chi connectivity index (χ2n) is 5.92. The van der Waals surface area contributed by atoms with Gasteiger partial charge in [0.2, 0.25) is 11.8 Å². The molecule has 0 aliphatic rings. The summed E-state index contributed by atoms with van der Waals surface area (Å²) in [5.41, 5.74) is 1.47. The summed E-state index contributed by atoms with van der Waals surface area (Å²) >= 11 is 0. The third-order valence-electron chi connectivity index (χ3n) is 3.50. The maximum absolute atomic E-state index is 12.3. The lowest BCUT2D eigenvalue weighted by atomic mass is 10.2. The highest BCUT2D eigenvalue weighted by atomic mass is 19.4. The number of ether oxygens (including phenoxy) is 2. The molecule has 0 aliphatic heterocycles. The van der Waals surface area contributed by atoms with Crippen LogP contribution in [0.15, 0.2) is 42.6 Å². The molecule has 0 spiro atoms. The van der Waals surface area contributed by atoms with Crippen molar-refractivity contribution >= 4 is 5.91 Å². The van der Waals surface area contributed by atoms with E-state index in [9.17, 15) is 18.0 Å². The minimum absolute atomic E-state index is 0.0403. The van der Waals surface area contributed by atoms with Gasteiger partial charge in [-0.25, -0.2) is 4.98 Å². The molecule has 1 aromatic heterocycles. The first-order chi connectivity index (χ1) is 12.8. The Bertz CT molecular complexity index is 751. The minimum Gasteiger partial charge on any atom is -0.494 e. The van der Waals surface area contributed by atoms with Crippen LogP contribution < -0.4 is 14.8 Å². The van der Waals surface area contributed by atoms with Gasteiger partial charge in [-0.15, -0.1) is 0 Å². The SMILES string of the molecule is Cc1cccc(OCCCC(=O)NCc2cccnc2OCC(F)(F)F)c1. The highest BCUT2D eigenvalue weighted by molar-refractivity contribution is 5.75. The number of carbonyl (C=O) groups excluding carboxylic acids is 1. The normalized spacial score (nSPS) is 11.1. The summed E-state index contributed by atoms with van der Waals surface area (Å²) < 4.78 is 47.1. The Kier molecular flexibility index (Phi) is 7.45. The first-order valence-electron chi connectivity index (χ1n) is 8.43. The molecular formula is C19H21F3N2O3. The van der Waals surface area contributed by atoms with E-state index in [4.69, 9.17) is 4.74 Å². The molecule has 0 saturated heterocycles. The second kappa shape index (κ2) is 9.80. The van der Waals surface area contributed by atoms with Gasteiger partial charge in [0.15, 0.2) is 6.61 Å². The minimum atomic E-state index is -4.45. The number of halogens is 3. The molecule has 27 heavy (non-hydrogen) atoms. The summed E-state index contributed by atoms with van der Waals surface area (Å²) in [6, 6.07) is 10.7. The van der Waals surface area contributed by atoms with Crippen LogP contribution in [-0.4, -0.2) is 30.3 Å². The Balaban J connectivity index is 1.72. The van der Waals surface area contributed by atoms with Crippen molar-refractivity contribution in [3.8, 4) is 11.6 Å². The number of hydrogen-bond acceptors (Lipinski definition) is 4. The van der Waals surface area contributed by atoms with Crippen molar-refractivity contribution in [1.82, 2.24) is 10.3 Å². The first kappa shape index (κ1) is 20.5. The number of aryl methyl sites for hydroxylation is 1. The molecule has 0 radical (unpaired) electrons. The van der Waals surface area contributed by atoms with Crippen LogP contribution in [0.25, 0.3) is 0 Å². The number of amides is 1. The first-order valence-corrected chi connectivity index (χ1v) is 8.43. The highest BCUT2D eigenvalue weighted by Crippen LogP contribution is 2.20. The number of benzene rings is 1. The van der Waals surface area contributed by atoms with Gasteiger partial charge in [0, 0.05) is 24.7 Å². The van der Waals surface area contributed by atoms with E-state index in [2.05, 4.69) is 15.0 Å². The van der Waals surface area contributed by atoms with Gasteiger partial charge in [0.25, 0.3) is 0 Å². The van der Waals surface area contributed by atoms with Crippen LogP contribution in [-0.2, 0) is 11.3 Å². The standard InChI is InChI=1S/C19H21F3N2O3/c1-14-5-2-7-16(11-14)26-10-4-8-17(25)24-12-15-6-3-9-23-18(15)27-13-19(20,21)22/h2-3,5-7,9,11H,4,8,10,12-13H2,1H3,(H,24,25). The Morgan fingerprint density at radius 2 is 2.00 bits per heavy atom. The monoisotopic (exact) mass is 382 g/mol. The van der Waals surface area contributed by atoms with Crippen molar-refractivity contribution in [2.75, 3.05) is 13.2 Å². The lowest BCUT2D eigenvalue weighted by molar-refractivity contribution is -0.154. The van der Waals surface area contributed by atoms with Crippen LogP contribution in [0.5, 0.6) is 11.6 Å². The third kappa shape index (κ3) is 7.98. The fourth-order valence-corrected chi connectivity index (χ4v) is 2.25. The molecule has 0 aliphatic carbocycles. The smallest absolute Gasteiger partial charge is 0.422 e. The summed E-state index contributed by atoms with van der Waals surface area (Å²) in [6.07, 6.45) is -2.36. The number of nitrogens with zero attached hydrogens (tertiary/aromatic N) is 1. The maximum Gasteiger partial charge on any atom is 0.422 e. The summed E-state index contributed by atoms with van der Waals surface area (Å²) in [7, 11) is 0. The number of hydrogen-bond donors (Lipinski definition) is 1. The molecule has 0 bridgehead atoms. The largest absolute Gasteiger partial charge is 0.494 e. The summed E-state index contributed by atoms with van der Waals surface area (Å²) in [5.74, 6) is 0.378. The van der Waals surface area contributed by atoms with Crippen molar-refractivity contribution in [2.24, 2.45) is 0 Å². The molecule has 2 rings (SSSR count). The van der Waals surface area contributed by atoms with Crippen molar-refractivity contribution in [1.29, 1.82) is 0 Å².